The highest BCUT2D eigenvalue weighted by atomic mass is 16.5. The molecule has 0 heterocycles. The van der Waals surface area contributed by atoms with Crippen LogP contribution in [0.5, 0.6) is 5.75 Å². The summed E-state index contributed by atoms with van der Waals surface area (Å²) in [6.45, 7) is 4.10. The first-order valence-electron chi connectivity index (χ1n) is 6.46. The molecule has 7 heteroatoms. The average molecular weight is 294 g/mol. The third-order valence-corrected chi connectivity index (χ3v) is 2.44. The number of nitrogens with two attached hydrogens (primary N) is 1. The molecule has 0 bridgehead atoms. The summed E-state index contributed by atoms with van der Waals surface area (Å²) in [6.07, 6.45) is 0. The fourth-order valence-electron chi connectivity index (χ4n) is 1.49. The van der Waals surface area contributed by atoms with E-state index in [1.54, 1.807) is 31.2 Å². The Labute approximate surface area is 122 Å². The second-order valence-electron chi connectivity index (χ2n) is 3.96. The summed E-state index contributed by atoms with van der Waals surface area (Å²) in [4.78, 5) is 26.7. The van der Waals surface area contributed by atoms with E-state index in [0.717, 1.165) is 0 Å². The van der Waals surface area contributed by atoms with Gasteiger partial charge < -0.3 is 20.3 Å². The Morgan fingerprint density at radius 2 is 1.86 bits per heavy atom. The van der Waals surface area contributed by atoms with Crippen molar-refractivity contribution >= 4 is 23.3 Å². The molecule has 0 saturated carbocycles. The van der Waals surface area contributed by atoms with Crippen LogP contribution in [0.15, 0.2) is 29.3 Å². The lowest BCUT2D eigenvalue weighted by atomic mass is 10.2. The number of carbonyl (C=O) groups excluding carboxylic acids is 1. The Morgan fingerprint density at radius 3 is 2.33 bits per heavy atom. The molecule has 0 fully saturated rings. The number of aliphatic carboxylic acids is 1. The molecule has 1 aromatic carbocycles. The highest BCUT2D eigenvalue weighted by Crippen LogP contribution is 2.18. The molecule has 1 aromatic rings. The van der Waals surface area contributed by atoms with Crippen LogP contribution >= 0.6 is 0 Å². The maximum absolute atomic E-state index is 11.7. The van der Waals surface area contributed by atoms with Crippen LogP contribution in [-0.4, -0.2) is 42.0 Å². The minimum atomic E-state index is -1.55. The van der Waals surface area contributed by atoms with Gasteiger partial charge in [0, 0.05) is 0 Å². The zero-order valence-corrected chi connectivity index (χ0v) is 11.9. The summed E-state index contributed by atoms with van der Waals surface area (Å²) < 4.78 is 10.1. The number of benzene rings is 1. The first-order valence-corrected chi connectivity index (χ1v) is 6.46. The second-order valence-corrected chi connectivity index (χ2v) is 3.96. The monoisotopic (exact) mass is 294 g/mol. The third-order valence-electron chi connectivity index (χ3n) is 2.44. The van der Waals surface area contributed by atoms with Gasteiger partial charge in [-0.1, -0.05) is 0 Å². The first kappa shape index (κ1) is 16.6. The molecule has 0 aliphatic heterocycles. The average Bonchev–Trinajstić information content (AvgIpc) is 2.46. The molecule has 0 aromatic heterocycles. The van der Waals surface area contributed by atoms with Crippen LogP contribution < -0.4 is 10.5 Å². The summed E-state index contributed by atoms with van der Waals surface area (Å²) in [7, 11) is 0. The van der Waals surface area contributed by atoms with Gasteiger partial charge in [-0.2, -0.15) is 0 Å². The number of ether oxygens (including phenoxy) is 2. The van der Waals surface area contributed by atoms with Gasteiger partial charge in [0.15, 0.2) is 11.8 Å². The molecule has 3 N–H and O–H groups in total. The van der Waals surface area contributed by atoms with Crippen LogP contribution in [0.3, 0.4) is 0 Å². The van der Waals surface area contributed by atoms with Crippen molar-refractivity contribution in [2.45, 2.75) is 19.9 Å². The minimum absolute atomic E-state index is 0.105. The van der Waals surface area contributed by atoms with E-state index in [9.17, 15) is 9.59 Å². The molecule has 0 amide bonds. The number of rotatable bonds is 7. The molecule has 7 nitrogen and oxygen atoms in total. The SMILES string of the molecule is CCOC(=O)C(=Nc1ccc(OCC)cc1)C(N)C(=O)O. The molecular weight excluding hydrogens is 276 g/mol. The predicted octanol–water partition coefficient (Wildman–Crippen LogP) is 1.13. The van der Waals surface area contributed by atoms with E-state index in [1.807, 2.05) is 6.92 Å². The zero-order valence-electron chi connectivity index (χ0n) is 11.9. The zero-order chi connectivity index (χ0) is 15.8. The topological polar surface area (TPSA) is 111 Å². The lowest BCUT2D eigenvalue weighted by molar-refractivity contribution is -0.140. The maximum Gasteiger partial charge on any atom is 0.354 e. The second kappa shape index (κ2) is 8.01. The van der Waals surface area contributed by atoms with Crippen LogP contribution in [0.2, 0.25) is 0 Å². The van der Waals surface area contributed by atoms with Gasteiger partial charge in [-0.3, -0.25) is 4.79 Å². The summed E-state index contributed by atoms with van der Waals surface area (Å²) in [5.41, 5.74) is 5.50. The molecule has 114 valence electrons. The van der Waals surface area contributed by atoms with Gasteiger partial charge in [0.05, 0.1) is 18.9 Å². The number of aliphatic imine (C=N–C) groups is 1. The largest absolute Gasteiger partial charge is 0.494 e. The van der Waals surface area contributed by atoms with E-state index >= 15 is 0 Å². The van der Waals surface area contributed by atoms with Gasteiger partial charge in [0.25, 0.3) is 0 Å². The van der Waals surface area contributed by atoms with Crippen LogP contribution in [0.1, 0.15) is 13.8 Å². The summed E-state index contributed by atoms with van der Waals surface area (Å²) in [5.74, 6) is -1.55. The minimum Gasteiger partial charge on any atom is -0.494 e. The van der Waals surface area contributed by atoms with Gasteiger partial charge in [0.1, 0.15) is 5.75 Å². The lowest BCUT2D eigenvalue weighted by Crippen LogP contribution is -2.43. The molecule has 0 aliphatic rings. The Morgan fingerprint density at radius 1 is 1.24 bits per heavy atom. The summed E-state index contributed by atoms with van der Waals surface area (Å²) >= 11 is 0. The summed E-state index contributed by atoms with van der Waals surface area (Å²) in [5, 5.41) is 8.93. The van der Waals surface area contributed by atoms with Crippen LogP contribution in [0, 0.1) is 0 Å². The Bertz CT molecular complexity index is 525. The quantitative estimate of drug-likeness (QED) is 0.576. The number of hydrogen-bond donors (Lipinski definition) is 2. The van der Waals surface area contributed by atoms with Gasteiger partial charge in [-0.25, -0.2) is 9.79 Å². The van der Waals surface area contributed by atoms with Crippen LogP contribution in [0.4, 0.5) is 5.69 Å². The first-order chi connectivity index (χ1) is 9.99. The molecule has 1 rings (SSSR count). The third kappa shape index (κ3) is 4.88. The standard InChI is InChI=1S/C14H18N2O5/c1-3-20-10-7-5-9(6-8-10)16-12(11(15)13(17)18)14(19)21-4-2/h5-8,11H,3-4,15H2,1-2H3,(H,17,18). The Balaban J connectivity index is 3.06. The highest BCUT2D eigenvalue weighted by molar-refractivity contribution is 6.42. The van der Waals surface area contributed by atoms with Crippen molar-refractivity contribution < 1.29 is 24.2 Å². The van der Waals surface area contributed by atoms with E-state index in [0.29, 0.717) is 18.0 Å². The smallest absolute Gasteiger partial charge is 0.354 e. The normalized spacial score (nSPS) is 12.6. The molecule has 0 saturated heterocycles. The molecular formula is C14H18N2O5. The number of hydrogen-bond acceptors (Lipinski definition) is 6. The molecule has 0 radical (unpaired) electrons. The number of carboxylic acids is 1. The van der Waals surface area contributed by atoms with Crippen molar-refractivity contribution in [3.63, 3.8) is 0 Å². The van der Waals surface area contributed by atoms with Crippen molar-refractivity contribution in [3.8, 4) is 5.75 Å². The molecule has 1 unspecified atom stereocenters. The van der Waals surface area contributed by atoms with Crippen molar-refractivity contribution in [1.82, 2.24) is 0 Å². The van der Waals surface area contributed by atoms with Gasteiger partial charge in [0.2, 0.25) is 0 Å². The maximum atomic E-state index is 11.7. The lowest BCUT2D eigenvalue weighted by Gasteiger charge is -2.10. The van der Waals surface area contributed by atoms with E-state index in [1.165, 1.54) is 0 Å². The summed E-state index contributed by atoms with van der Waals surface area (Å²) in [6, 6.07) is 4.97. The van der Waals surface area contributed by atoms with Crippen molar-refractivity contribution in [1.29, 1.82) is 0 Å². The van der Waals surface area contributed by atoms with Crippen LogP contribution in [-0.2, 0) is 14.3 Å². The number of nitrogens with zero attached hydrogens (tertiary/aromatic N) is 1. The number of carboxylic acid groups (broad SMARTS) is 1. The van der Waals surface area contributed by atoms with Gasteiger partial charge in [-0.05, 0) is 38.1 Å². The molecule has 0 spiro atoms. The van der Waals surface area contributed by atoms with E-state index in [-0.39, 0.29) is 12.3 Å². The molecule has 0 aliphatic carbocycles. The van der Waals surface area contributed by atoms with Crippen molar-refractivity contribution in [3.05, 3.63) is 24.3 Å². The fourth-order valence-corrected chi connectivity index (χ4v) is 1.49. The highest BCUT2D eigenvalue weighted by Gasteiger charge is 2.26. The number of esters is 1. The fraction of sp³-hybridized carbons (Fsp3) is 0.357. The molecule has 21 heavy (non-hydrogen) atoms. The predicted molar refractivity (Wildman–Crippen MR) is 77.0 cm³/mol. The molecule has 1 atom stereocenters. The van der Waals surface area contributed by atoms with Crippen molar-refractivity contribution in [2.75, 3.05) is 13.2 Å². The van der Waals surface area contributed by atoms with Crippen molar-refractivity contribution in [2.24, 2.45) is 10.7 Å². The van der Waals surface area contributed by atoms with E-state index in [4.69, 9.17) is 20.3 Å². The van der Waals surface area contributed by atoms with Gasteiger partial charge >= 0.3 is 11.9 Å². The number of carbonyl (C=O) groups is 2. The van der Waals surface area contributed by atoms with E-state index in [2.05, 4.69) is 4.99 Å². The Hall–Kier alpha value is -2.41. The van der Waals surface area contributed by atoms with E-state index < -0.39 is 18.0 Å². The van der Waals surface area contributed by atoms with Crippen LogP contribution in [0.25, 0.3) is 0 Å². The Kier molecular flexibility index (Phi) is 6.35. The van der Waals surface area contributed by atoms with Gasteiger partial charge in [-0.15, -0.1) is 0 Å².